The molecule has 0 fully saturated rings. The Labute approximate surface area is 233 Å². The average molecular weight is 585 g/mol. The number of carboxylic acids is 1. The second-order valence-corrected chi connectivity index (χ2v) is 10.1. The molecule has 0 bridgehead atoms. The van der Waals surface area contributed by atoms with E-state index < -0.39 is 59.7 Å². The number of thioether (sulfide) groups is 1. The van der Waals surface area contributed by atoms with Gasteiger partial charge in [-0.1, -0.05) is 19.9 Å². The predicted molar refractivity (Wildman–Crippen MR) is 141 cm³/mol. The summed E-state index contributed by atoms with van der Waals surface area (Å²) in [6.45, 7) is 3.32. The summed E-state index contributed by atoms with van der Waals surface area (Å²) in [6, 6.07) is 6.71. The minimum absolute atomic E-state index is 0.151. The SMILES string of the molecule is COc1ccc(OC)c(CC(=O)N[C@H](C(=O)NC(CC(=O)O)C(=O)CSc2cccc(C(F)(F)F)c2)C(C)C)c1. The van der Waals surface area contributed by atoms with Crippen LogP contribution in [0.4, 0.5) is 13.2 Å². The molecule has 0 aliphatic rings. The highest BCUT2D eigenvalue weighted by molar-refractivity contribution is 8.00. The van der Waals surface area contributed by atoms with Gasteiger partial charge in [-0.15, -0.1) is 11.8 Å². The number of carbonyl (C=O) groups excluding carboxylic acids is 3. The minimum Gasteiger partial charge on any atom is -0.497 e. The second-order valence-electron chi connectivity index (χ2n) is 9.08. The summed E-state index contributed by atoms with van der Waals surface area (Å²) in [6.07, 6.45) is -5.45. The lowest BCUT2D eigenvalue weighted by atomic mass is 10.0. The molecule has 2 rings (SSSR count). The third-order valence-corrected chi connectivity index (χ3v) is 6.75. The van der Waals surface area contributed by atoms with Crippen LogP contribution in [-0.2, 0) is 31.8 Å². The van der Waals surface area contributed by atoms with E-state index in [2.05, 4.69) is 10.6 Å². The van der Waals surface area contributed by atoms with Gasteiger partial charge in [-0.3, -0.25) is 19.2 Å². The number of ether oxygens (including phenoxy) is 2. The number of methoxy groups -OCH3 is 2. The van der Waals surface area contributed by atoms with Gasteiger partial charge in [0.1, 0.15) is 17.5 Å². The van der Waals surface area contributed by atoms with Crippen LogP contribution in [0.1, 0.15) is 31.4 Å². The largest absolute Gasteiger partial charge is 0.497 e. The van der Waals surface area contributed by atoms with Crippen molar-refractivity contribution in [1.29, 1.82) is 0 Å². The molecule has 0 aliphatic heterocycles. The Balaban J connectivity index is 2.11. The molecule has 2 amide bonds. The number of aliphatic carboxylic acids is 1. The lowest BCUT2D eigenvalue weighted by Gasteiger charge is -2.25. The van der Waals surface area contributed by atoms with Gasteiger partial charge < -0.3 is 25.2 Å². The maximum absolute atomic E-state index is 13.1. The zero-order valence-electron chi connectivity index (χ0n) is 22.3. The lowest BCUT2D eigenvalue weighted by Crippen LogP contribution is -2.54. The van der Waals surface area contributed by atoms with Crippen LogP contribution in [0.3, 0.4) is 0 Å². The first-order valence-corrected chi connectivity index (χ1v) is 13.1. The van der Waals surface area contributed by atoms with Gasteiger partial charge in [-0.2, -0.15) is 13.2 Å². The van der Waals surface area contributed by atoms with E-state index in [1.807, 2.05) is 0 Å². The fourth-order valence-electron chi connectivity index (χ4n) is 3.65. The van der Waals surface area contributed by atoms with E-state index >= 15 is 0 Å². The van der Waals surface area contributed by atoms with E-state index in [1.165, 1.54) is 26.4 Å². The number of carboxylic acid groups (broad SMARTS) is 1. The number of ketones is 1. The van der Waals surface area contributed by atoms with Crippen LogP contribution in [0.15, 0.2) is 47.4 Å². The summed E-state index contributed by atoms with van der Waals surface area (Å²) in [5.41, 5.74) is -0.379. The van der Waals surface area contributed by atoms with Crippen molar-refractivity contribution >= 4 is 35.3 Å². The van der Waals surface area contributed by atoms with Crippen molar-refractivity contribution in [2.24, 2.45) is 5.92 Å². The second kappa shape index (κ2) is 14.6. The molecule has 218 valence electrons. The van der Waals surface area contributed by atoms with Crippen LogP contribution in [0.25, 0.3) is 0 Å². The Morgan fingerprint density at radius 3 is 2.27 bits per heavy atom. The van der Waals surface area contributed by atoms with Crippen LogP contribution >= 0.6 is 11.8 Å². The molecular weight excluding hydrogens is 553 g/mol. The third-order valence-electron chi connectivity index (χ3n) is 5.73. The van der Waals surface area contributed by atoms with Crippen LogP contribution in [0.2, 0.25) is 0 Å². The monoisotopic (exact) mass is 584 g/mol. The number of hydrogen-bond donors (Lipinski definition) is 3. The molecule has 0 radical (unpaired) electrons. The average Bonchev–Trinajstić information content (AvgIpc) is 2.89. The van der Waals surface area contributed by atoms with Gasteiger partial charge in [0.05, 0.1) is 44.4 Å². The zero-order valence-corrected chi connectivity index (χ0v) is 23.2. The summed E-state index contributed by atoms with van der Waals surface area (Å²) in [5, 5.41) is 14.3. The van der Waals surface area contributed by atoms with Crippen molar-refractivity contribution in [3.8, 4) is 11.5 Å². The molecule has 0 aromatic heterocycles. The number of benzene rings is 2. The van der Waals surface area contributed by atoms with Crippen molar-refractivity contribution in [2.45, 2.75) is 49.8 Å². The highest BCUT2D eigenvalue weighted by Gasteiger charge is 2.32. The highest BCUT2D eigenvalue weighted by atomic mass is 32.2. The van der Waals surface area contributed by atoms with Gasteiger partial charge >= 0.3 is 12.1 Å². The first-order chi connectivity index (χ1) is 18.7. The van der Waals surface area contributed by atoms with Gasteiger partial charge in [-0.05, 0) is 42.3 Å². The van der Waals surface area contributed by atoms with Crippen LogP contribution in [0, 0.1) is 5.92 Å². The summed E-state index contributed by atoms with van der Waals surface area (Å²) >= 11 is 0.789. The summed E-state index contributed by atoms with van der Waals surface area (Å²) < 4.78 is 49.4. The van der Waals surface area contributed by atoms with E-state index in [1.54, 1.807) is 32.0 Å². The molecule has 0 heterocycles. The van der Waals surface area contributed by atoms with Crippen molar-refractivity contribution < 1.29 is 46.9 Å². The molecule has 0 saturated heterocycles. The molecular formula is C27H31F3N2O7S. The number of rotatable bonds is 14. The van der Waals surface area contributed by atoms with Gasteiger partial charge in [-0.25, -0.2) is 0 Å². The number of Topliss-reactive ketones (excluding diaryl/α,β-unsaturated/α-hetero) is 1. The fraction of sp³-hybridized carbons (Fsp3) is 0.407. The highest BCUT2D eigenvalue weighted by Crippen LogP contribution is 2.32. The van der Waals surface area contributed by atoms with Crippen molar-refractivity contribution in [2.75, 3.05) is 20.0 Å². The normalized spacial score (nSPS) is 12.8. The van der Waals surface area contributed by atoms with E-state index in [0.29, 0.717) is 17.1 Å². The molecule has 1 unspecified atom stereocenters. The maximum atomic E-state index is 13.1. The Morgan fingerprint density at radius 2 is 1.70 bits per heavy atom. The molecule has 9 nitrogen and oxygen atoms in total. The van der Waals surface area contributed by atoms with Crippen LogP contribution in [-0.4, -0.2) is 60.7 Å². The predicted octanol–water partition coefficient (Wildman–Crippen LogP) is 3.73. The fourth-order valence-corrected chi connectivity index (χ4v) is 4.55. The number of amides is 2. The number of hydrogen-bond acceptors (Lipinski definition) is 7. The Kier molecular flexibility index (Phi) is 11.8. The van der Waals surface area contributed by atoms with Gasteiger partial charge in [0.15, 0.2) is 5.78 Å². The first kappa shape index (κ1) is 32.5. The maximum Gasteiger partial charge on any atom is 0.416 e. The van der Waals surface area contributed by atoms with E-state index in [-0.39, 0.29) is 17.1 Å². The summed E-state index contributed by atoms with van der Waals surface area (Å²) in [7, 11) is 2.91. The lowest BCUT2D eigenvalue weighted by molar-refractivity contribution is -0.140. The van der Waals surface area contributed by atoms with Crippen molar-refractivity contribution in [3.05, 3.63) is 53.6 Å². The topological polar surface area (TPSA) is 131 Å². The van der Waals surface area contributed by atoms with E-state index in [9.17, 15) is 37.5 Å². The van der Waals surface area contributed by atoms with E-state index in [0.717, 1.165) is 23.9 Å². The third kappa shape index (κ3) is 9.78. The summed E-state index contributed by atoms with van der Waals surface area (Å²) in [5.74, 6) is -3.24. The van der Waals surface area contributed by atoms with Crippen molar-refractivity contribution in [1.82, 2.24) is 10.6 Å². The Morgan fingerprint density at radius 1 is 1.00 bits per heavy atom. The molecule has 40 heavy (non-hydrogen) atoms. The number of alkyl halides is 3. The molecule has 2 aromatic rings. The van der Waals surface area contributed by atoms with Gasteiger partial charge in [0.25, 0.3) is 0 Å². The molecule has 2 aromatic carbocycles. The molecule has 2 atom stereocenters. The van der Waals surface area contributed by atoms with Gasteiger partial charge in [0.2, 0.25) is 11.8 Å². The quantitative estimate of drug-likeness (QED) is 0.287. The minimum atomic E-state index is -4.56. The van der Waals surface area contributed by atoms with Gasteiger partial charge in [0, 0.05) is 10.5 Å². The Hall–Kier alpha value is -3.74. The summed E-state index contributed by atoms with van der Waals surface area (Å²) in [4.78, 5) is 50.3. The standard InChI is InChI=1S/C27H31F3N2O7S/c1-15(2)25(32-23(34)11-16-10-18(38-3)8-9-22(16)39-4)26(37)31-20(13-24(35)36)21(33)14-40-19-7-5-6-17(12-19)27(28,29)30/h5-10,12,15,20,25H,11,13-14H2,1-4H3,(H,31,37)(H,32,34)(H,35,36)/t20?,25-/m0/s1. The molecule has 0 spiro atoms. The molecule has 13 heteroatoms. The zero-order chi connectivity index (χ0) is 30.0. The Bertz CT molecular complexity index is 1220. The molecule has 0 aliphatic carbocycles. The number of nitrogens with one attached hydrogen (secondary N) is 2. The van der Waals surface area contributed by atoms with E-state index in [4.69, 9.17) is 9.47 Å². The smallest absolute Gasteiger partial charge is 0.416 e. The van der Waals surface area contributed by atoms with Crippen LogP contribution in [0.5, 0.6) is 11.5 Å². The molecule has 3 N–H and O–H groups in total. The number of carbonyl (C=O) groups is 4. The number of halogens is 3. The van der Waals surface area contributed by atoms with Crippen molar-refractivity contribution in [3.63, 3.8) is 0 Å². The van der Waals surface area contributed by atoms with Crippen LogP contribution < -0.4 is 20.1 Å². The first-order valence-electron chi connectivity index (χ1n) is 12.1. The molecule has 0 saturated carbocycles.